The molecule has 0 fully saturated rings. The van der Waals surface area contributed by atoms with E-state index in [1.165, 1.54) is 0 Å². The molecule has 0 radical (unpaired) electrons. The monoisotopic (exact) mass is 321 g/mol. The first-order chi connectivity index (χ1) is 9.27. The number of carbonyl (C=O) groups is 1. The molecule has 0 rings (SSSR count). The van der Waals surface area contributed by atoms with Crippen molar-refractivity contribution in [1.29, 1.82) is 0 Å². The van der Waals surface area contributed by atoms with Gasteiger partial charge in [-0.2, -0.15) is 0 Å². The van der Waals surface area contributed by atoms with Gasteiger partial charge in [0, 0.05) is 6.04 Å². The van der Waals surface area contributed by atoms with Gasteiger partial charge in [0.15, 0.2) is 9.84 Å². The van der Waals surface area contributed by atoms with Crippen LogP contribution in [0.1, 0.15) is 54.9 Å². The van der Waals surface area contributed by atoms with Crippen molar-refractivity contribution in [3.8, 4) is 0 Å². The average Bonchev–Trinajstić information content (AvgIpc) is 2.18. The maximum atomic E-state index is 12.2. The van der Waals surface area contributed by atoms with Gasteiger partial charge in [0.05, 0.1) is 5.75 Å². The van der Waals surface area contributed by atoms with E-state index in [-0.39, 0.29) is 17.2 Å². The third kappa shape index (κ3) is 9.85. The molecule has 21 heavy (non-hydrogen) atoms. The van der Waals surface area contributed by atoms with Gasteiger partial charge >= 0.3 is 5.97 Å². The fourth-order valence-electron chi connectivity index (χ4n) is 1.80. The molecule has 6 heteroatoms. The summed E-state index contributed by atoms with van der Waals surface area (Å²) in [6.45, 7) is 13.9. The molecule has 0 saturated heterocycles. The van der Waals surface area contributed by atoms with Crippen molar-refractivity contribution in [3.05, 3.63) is 0 Å². The number of carbonyl (C=O) groups excluding carboxylic acids is 1. The summed E-state index contributed by atoms with van der Waals surface area (Å²) >= 11 is 0. The summed E-state index contributed by atoms with van der Waals surface area (Å²) in [6.07, 6.45) is 0.929. The Morgan fingerprint density at radius 1 is 1.14 bits per heavy atom. The highest BCUT2D eigenvalue weighted by Crippen LogP contribution is 2.21. The first kappa shape index (κ1) is 20.4. The fraction of sp³-hybridized carbons (Fsp3) is 0.933. The molecule has 0 spiro atoms. The summed E-state index contributed by atoms with van der Waals surface area (Å²) in [6, 6.07) is -0.190. The zero-order chi connectivity index (χ0) is 16.9. The number of sulfone groups is 1. The summed E-state index contributed by atoms with van der Waals surface area (Å²) < 4.78 is 29.5. The third-order valence-electron chi connectivity index (χ3n) is 2.86. The minimum Gasteiger partial charge on any atom is -0.459 e. The minimum absolute atomic E-state index is 0.0598. The summed E-state index contributed by atoms with van der Waals surface area (Å²) in [7, 11) is -3.50. The van der Waals surface area contributed by atoms with E-state index >= 15 is 0 Å². The summed E-state index contributed by atoms with van der Waals surface area (Å²) in [5, 5.41) is 3.26. The van der Waals surface area contributed by atoms with Crippen molar-refractivity contribution < 1.29 is 17.9 Å². The molecule has 1 N–H and O–H groups in total. The van der Waals surface area contributed by atoms with E-state index in [1.807, 2.05) is 27.7 Å². The Morgan fingerprint density at radius 2 is 1.67 bits per heavy atom. The highest BCUT2D eigenvalue weighted by Gasteiger charge is 2.31. The predicted molar refractivity (Wildman–Crippen MR) is 86.0 cm³/mol. The van der Waals surface area contributed by atoms with Crippen LogP contribution in [-0.4, -0.2) is 44.1 Å². The van der Waals surface area contributed by atoms with Gasteiger partial charge in [-0.25, -0.2) is 8.42 Å². The molecular formula is C15H31NO4S. The molecule has 0 aromatic heterocycles. The lowest BCUT2D eigenvalue weighted by Gasteiger charge is -2.31. The van der Waals surface area contributed by atoms with Crippen LogP contribution < -0.4 is 5.32 Å². The number of hydrogen-bond donors (Lipinski definition) is 1. The molecule has 0 aliphatic heterocycles. The largest absolute Gasteiger partial charge is 0.459 e. The van der Waals surface area contributed by atoms with Crippen molar-refractivity contribution in [2.75, 3.05) is 18.1 Å². The first-order valence-corrected chi connectivity index (χ1v) is 9.24. The zero-order valence-electron chi connectivity index (χ0n) is 14.4. The highest BCUT2D eigenvalue weighted by atomic mass is 32.2. The molecule has 1 atom stereocenters. The molecule has 0 aliphatic carbocycles. The molecule has 0 aromatic carbocycles. The predicted octanol–water partition coefficient (Wildman–Crippen LogP) is 2.16. The lowest BCUT2D eigenvalue weighted by atomic mass is 9.88. The number of nitrogens with one attached hydrogen (secondary N) is 1. The van der Waals surface area contributed by atoms with Crippen LogP contribution in [0.15, 0.2) is 0 Å². The van der Waals surface area contributed by atoms with Gasteiger partial charge in [-0.15, -0.1) is 0 Å². The van der Waals surface area contributed by atoms with Crippen molar-refractivity contribution in [2.45, 2.75) is 66.5 Å². The Balaban J connectivity index is 4.79. The molecular weight excluding hydrogens is 290 g/mol. The van der Waals surface area contributed by atoms with E-state index in [0.717, 1.165) is 13.0 Å². The average molecular weight is 321 g/mol. The van der Waals surface area contributed by atoms with Crippen LogP contribution in [0.5, 0.6) is 0 Å². The van der Waals surface area contributed by atoms with Gasteiger partial charge in [0.25, 0.3) is 0 Å². The van der Waals surface area contributed by atoms with Crippen LogP contribution in [0.25, 0.3) is 0 Å². The van der Waals surface area contributed by atoms with Gasteiger partial charge in [-0.1, -0.05) is 27.7 Å². The second-order valence-electron chi connectivity index (χ2n) is 7.51. The van der Waals surface area contributed by atoms with E-state index in [9.17, 15) is 13.2 Å². The molecule has 0 bridgehead atoms. The van der Waals surface area contributed by atoms with Gasteiger partial charge in [0.2, 0.25) is 0 Å². The van der Waals surface area contributed by atoms with Crippen LogP contribution in [0.4, 0.5) is 0 Å². The number of rotatable bonds is 7. The first-order valence-electron chi connectivity index (χ1n) is 7.42. The molecule has 0 amide bonds. The standard InChI is InChI=1S/C15H31NO4S/c1-8-9-16-12(14(2,3)4)10-21(18,19)11-13(17)20-15(5,6)7/h12,16H,8-11H2,1-7H3. The van der Waals surface area contributed by atoms with E-state index in [2.05, 4.69) is 5.32 Å². The summed E-state index contributed by atoms with van der Waals surface area (Å²) in [5.41, 5.74) is -0.868. The Bertz CT molecular complexity index is 430. The van der Waals surface area contributed by atoms with Gasteiger partial charge in [-0.05, 0) is 39.2 Å². The molecule has 0 saturated carbocycles. The van der Waals surface area contributed by atoms with Crippen molar-refractivity contribution in [3.63, 3.8) is 0 Å². The highest BCUT2D eigenvalue weighted by molar-refractivity contribution is 7.92. The number of hydrogen-bond acceptors (Lipinski definition) is 5. The molecule has 0 heterocycles. The van der Waals surface area contributed by atoms with Crippen LogP contribution in [-0.2, 0) is 19.4 Å². The molecule has 0 aliphatic rings. The maximum absolute atomic E-state index is 12.2. The van der Waals surface area contributed by atoms with E-state index in [1.54, 1.807) is 20.8 Å². The van der Waals surface area contributed by atoms with E-state index in [4.69, 9.17) is 4.74 Å². The topological polar surface area (TPSA) is 72.5 Å². The third-order valence-corrected chi connectivity index (χ3v) is 4.38. The molecule has 5 nitrogen and oxygen atoms in total. The van der Waals surface area contributed by atoms with Gasteiger partial charge in [0.1, 0.15) is 11.4 Å². The van der Waals surface area contributed by atoms with Crippen molar-refractivity contribution in [1.82, 2.24) is 5.32 Å². The second-order valence-corrected chi connectivity index (χ2v) is 9.62. The van der Waals surface area contributed by atoms with E-state index < -0.39 is 27.2 Å². The van der Waals surface area contributed by atoms with Crippen LogP contribution in [0, 0.1) is 5.41 Å². The number of ether oxygens (including phenoxy) is 1. The number of esters is 1. The van der Waals surface area contributed by atoms with Crippen molar-refractivity contribution >= 4 is 15.8 Å². The van der Waals surface area contributed by atoms with Crippen LogP contribution in [0.3, 0.4) is 0 Å². The molecule has 126 valence electrons. The lowest BCUT2D eigenvalue weighted by Crippen LogP contribution is -2.46. The normalized spacial score (nSPS) is 14.8. The SMILES string of the molecule is CCCNC(CS(=O)(=O)CC(=O)OC(C)(C)C)C(C)(C)C. The maximum Gasteiger partial charge on any atom is 0.321 e. The summed E-state index contributed by atoms with van der Waals surface area (Å²) in [5.74, 6) is -1.31. The Kier molecular flexibility index (Phi) is 7.36. The quantitative estimate of drug-likeness (QED) is 0.728. The smallest absolute Gasteiger partial charge is 0.321 e. The Morgan fingerprint density at radius 3 is 2.05 bits per heavy atom. The second kappa shape index (κ2) is 7.58. The van der Waals surface area contributed by atoms with Gasteiger partial charge < -0.3 is 10.1 Å². The van der Waals surface area contributed by atoms with Crippen molar-refractivity contribution in [2.24, 2.45) is 5.41 Å². The van der Waals surface area contributed by atoms with Gasteiger partial charge in [-0.3, -0.25) is 4.79 Å². The Hall–Kier alpha value is -0.620. The zero-order valence-corrected chi connectivity index (χ0v) is 15.3. The Labute approximate surface area is 129 Å². The lowest BCUT2D eigenvalue weighted by molar-refractivity contribution is -0.151. The van der Waals surface area contributed by atoms with E-state index in [0.29, 0.717) is 0 Å². The fourth-order valence-corrected chi connectivity index (χ4v) is 3.46. The molecule has 0 aromatic rings. The minimum atomic E-state index is -3.50. The van der Waals surface area contributed by atoms with Crippen LogP contribution >= 0.6 is 0 Å². The summed E-state index contributed by atoms with van der Waals surface area (Å²) in [4.78, 5) is 11.7. The van der Waals surface area contributed by atoms with Crippen LogP contribution in [0.2, 0.25) is 0 Å². The molecule has 1 unspecified atom stereocenters.